The highest BCUT2D eigenvalue weighted by Gasteiger charge is 2.30. The molecule has 0 atom stereocenters. The molecule has 0 unspecified atom stereocenters. The lowest BCUT2D eigenvalue weighted by Crippen LogP contribution is -2.34. The van der Waals surface area contributed by atoms with Gasteiger partial charge in [-0.1, -0.05) is 41.4 Å². The van der Waals surface area contributed by atoms with E-state index in [2.05, 4.69) is 20.8 Å². The quantitative estimate of drug-likeness (QED) is 0.374. The zero-order chi connectivity index (χ0) is 20.7. The average molecular weight is 431 g/mol. The van der Waals surface area contributed by atoms with Crippen LogP contribution < -0.4 is 10.7 Å². The lowest BCUT2D eigenvalue weighted by atomic mass is 10.1. The van der Waals surface area contributed by atoms with E-state index in [0.717, 1.165) is 12.1 Å². The fraction of sp³-hybridized carbons (Fsp3) is 0.263. The Hall–Kier alpha value is -2.25. The first-order valence-corrected chi connectivity index (χ1v) is 9.16. The van der Waals surface area contributed by atoms with E-state index in [0.29, 0.717) is 39.4 Å². The third-order valence-electron chi connectivity index (χ3n) is 3.68. The van der Waals surface area contributed by atoms with Crippen molar-refractivity contribution in [2.45, 2.75) is 26.6 Å². The van der Waals surface area contributed by atoms with Crippen LogP contribution >= 0.6 is 23.2 Å². The molecule has 0 aliphatic carbocycles. The minimum absolute atomic E-state index is 0.159. The lowest BCUT2D eigenvalue weighted by molar-refractivity contribution is -0.137. The summed E-state index contributed by atoms with van der Waals surface area (Å²) < 4.78 is 38.5. The van der Waals surface area contributed by atoms with Gasteiger partial charge in [-0.05, 0) is 43.7 Å². The van der Waals surface area contributed by atoms with Gasteiger partial charge in [0.15, 0.2) is 0 Å². The van der Waals surface area contributed by atoms with Crippen molar-refractivity contribution in [2.75, 3.05) is 6.54 Å². The number of aliphatic imine (C=N–C) groups is 1. The molecule has 0 heterocycles. The maximum absolute atomic E-state index is 12.8. The van der Waals surface area contributed by atoms with E-state index in [1.165, 1.54) is 6.07 Å². The van der Waals surface area contributed by atoms with Gasteiger partial charge in [-0.15, -0.1) is 0 Å². The molecular weight excluding hydrogens is 412 g/mol. The van der Waals surface area contributed by atoms with E-state index in [1.807, 2.05) is 6.92 Å². The number of nitrogens with zero attached hydrogens (tertiary/aromatic N) is 2. The predicted octanol–water partition coefficient (Wildman–Crippen LogP) is 5.49. The molecule has 0 aromatic heterocycles. The van der Waals surface area contributed by atoms with Crippen molar-refractivity contribution in [1.29, 1.82) is 0 Å². The van der Waals surface area contributed by atoms with Gasteiger partial charge in [-0.25, -0.2) is 5.43 Å². The summed E-state index contributed by atoms with van der Waals surface area (Å²) in [7, 11) is 0. The molecule has 0 radical (unpaired) electrons. The summed E-state index contributed by atoms with van der Waals surface area (Å²) in [5.41, 5.74) is 3.87. The summed E-state index contributed by atoms with van der Waals surface area (Å²) in [5.74, 6) is 0.337. The van der Waals surface area contributed by atoms with Gasteiger partial charge in [0.2, 0.25) is 5.96 Å². The molecule has 0 aliphatic heterocycles. The minimum atomic E-state index is -4.38. The van der Waals surface area contributed by atoms with Crippen LogP contribution in [0.3, 0.4) is 0 Å². The molecule has 2 N–H and O–H groups in total. The van der Waals surface area contributed by atoms with Crippen LogP contribution in [-0.2, 0) is 12.7 Å². The minimum Gasteiger partial charge on any atom is -0.351 e. The number of hydrogen-bond acceptors (Lipinski definition) is 2. The zero-order valence-electron chi connectivity index (χ0n) is 15.2. The standard InChI is InChI=1S/C19H19Cl2F3N4/c1-3-25-18(26-11-13-5-4-6-14(9-13)19(22,23)24)28-27-12(2)16-8-7-15(20)10-17(16)21/h4-10H,3,11H2,1-2H3,(H2,25,26,28)/b27-12+. The predicted molar refractivity (Wildman–Crippen MR) is 108 cm³/mol. The zero-order valence-corrected chi connectivity index (χ0v) is 16.8. The van der Waals surface area contributed by atoms with Gasteiger partial charge >= 0.3 is 6.18 Å². The second kappa shape index (κ2) is 9.80. The Morgan fingerprint density at radius 3 is 2.50 bits per heavy atom. The molecule has 0 amide bonds. The Morgan fingerprint density at radius 1 is 1.11 bits per heavy atom. The van der Waals surface area contributed by atoms with Gasteiger partial charge in [-0.2, -0.15) is 18.3 Å². The maximum atomic E-state index is 12.8. The van der Waals surface area contributed by atoms with E-state index < -0.39 is 11.7 Å². The van der Waals surface area contributed by atoms with E-state index >= 15 is 0 Å². The van der Waals surface area contributed by atoms with Crippen LogP contribution in [0.4, 0.5) is 13.2 Å². The molecule has 0 saturated carbocycles. The topological polar surface area (TPSA) is 48.8 Å². The summed E-state index contributed by atoms with van der Waals surface area (Å²) in [6.45, 7) is 4.22. The van der Waals surface area contributed by atoms with Gasteiger partial charge in [0.1, 0.15) is 0 Å². The van der Waals surface area contributed by atoms with Gasteiger partial charge in [0.25, 0.3) is 0 Å². The van der Waals surface area contributed by atoms with E-state index in [-0.39, 0.29) is 6.54 Å². The van der Waals surface area contributed by atoms with Crippen molar-refractivity contribution in [2.24, 2.45) is 10.1 Å². The molecule has 0 bridgehead atoms. The van der Waals surface area contributed by atoms with Crippen molar-refractivity contribution in [3.05, 3.63) is 69.2 Å². The molecule has 0 spiro atoms. The Kier molecular flexibility index (Phi) is 7.71. The molecule has 0 aliphatic rings. The maximum Gasteiger partial charge on any atom is 0.416 e. The highest BCUT2D eigenvalue weighted by molar-refractivity contribution is 6.37. The first-order valence-electron chi connectivity index (χ1n) is 8.41. The smallest absolute Gasteiger partial charge is 0.351 e. The summed E-state index contributed by atoms with van der Waals surface area (Å²) >= 11 is 12.1. The third kappa shape index (κ3) is 6.42. The molecule has 9 heteroatoms. The van der Waals surface area contributed by atoms with E-state index in [4.69, 9.17) is 23.2 Å². The lowest BCUT2D eigenvalue weighted by Gasteiger charge is -2.12. The number of benzene rings is 2. The molecule has 2 rings (SSSR count). The van der Waals surface area contributed by atoms with Crippen molar-refractivity contribution in [3.63, 3.8) is 0 Å². The SMILES string of the molecule is CC/N=C(/NCc1cccc(C(F)(F)F)c1)N/N=C(\C)c1ccc(Cl)cc1Cl. The van der Waals surface area contributed by atoms with Gasteiger partial charge < -0.3 is 5.32 Å². The summed E-state index contributed by atoms with van der Waals surface area (Å²) in [6, 6.07) is 10.2. The van der Waals surface area contributed by atoms with E-state index in [9.17, 15) is 13.2 Å². The number of nitrogens with one attached hydrogen (secondary N) is 2. The van der Waals surface area contributed by atoms with Gasteiger partial charge in [0.05, 0.1) is 16.3 Å². The monoisotopic (exact) mass is 430 g/mol. The second-order valence-electron chi connectivity index (χ2n) is 5.81. The van der Waals surface area contributed by atoms with Crippen LogP contribution in [0.25, 0.3) is 0 Å². The molecule has 150 valence electrons. The molecule has 4 nitrogen and oxygen atoms in total. The fourth-order valence-electron chi connectivity index (χ4n) is 2.31. The molecule has 2 aromatic carbocycles. The van der Waals surface area contributed by atoms with Crippen LogP contribution in [0.2, 0.25) is 10.0 Å². The number of halogens is 5. The largest absolute Gasteiger partial charge is 0.416 e. The van der Waals surface area contributed by atoms with Crippen LogP contribution in [0.5, 0.6) is 0 Å². The number of guanidine groups is 1. The fourth-order valence-corrected chi connectivity index (χ4v) is 2.86. The molecule has 2 aromatic rings. The normalized spacial score (nSPS) is 12.8. The summed E-state index contributed by atoms with van der Waals surface area (Å²) in [6.07, 6.45) is -4.38. The van der Waals surface area contributed by atoms with Crippen molar-refractivity contribution < 1.29 is 13.2 Å². The third-order valence-corrected chi connectivity index (χ3v) is 4.23. The Labute approximate surface area is 171 Å². The number of hydrazone groups is 1. The first kappa shape index (κ1) is 22.0. The highest BCUT2D eigenvalue weighted by atomic mass is 35.5. The van der Waals surface area contributed by atoms with Crippen molar-refractivity contribution in [3.8, 4) is 0 Å². The Balaban J connectivity index is 2.07. The molecular formula is C19H19Cl2F3N4. The molecule has 0 saturated heterocycles. The van der Waals surface area contributed by atoms with Gasteiger partial charge in [-0.3, -0.25) is 4.99 Å². The number of hydrogen-bond donors (Lipinski definition) is 2. The Bertz CT molecular complexity index is 880. The van der Waals surface area contributed by atoms with Gasteiger partial charge in [0, 0.05) is 23.7 Å². The molecule has 28 heavy (non-hydrogen) atoms. The van der Waals surface area contributed by atoms with Crippen LogP contribution in [0.15, 0.2) is 52.6 Å². The van der Waals surface area contributed by atoms with Crippen molar-refractivity contribution in [1.82, 2.24) is 10.7 Å². The number of alkyl halides is 3. The van der Waals surface area contributed by atoms with Crippen LogP contribution in [0, 0.1) is 0 Å². The van der Waals surface area contributed by atoms with E-state index in [1.54, 1.807) is 31.2 Å². The van der Waals surface area contributed by atoms with Crippen LogP contribution in [-0.4, -0.2) is 18.2 Å². The second-order valence-corrected chi connectivity index (χ2v) is 6.65. The number of rotatable bonds is 5. The Morgan fingerprint density at radius 2 is 1.86 bits per heavy atom. The summed E-state index contributed by atoms with van der Waals surface area (Å²) in [5, 5.41) is 8.17. The first-order chi connectivity index (χ1) is 13.2. The molecule has 0 fully saturated rings. The van der Waals surface area contributed by atoms with Crippen molar-refractivity contribution >= 4 is 34.9 Å². The van der Waals surface area contributed by atoms with Crippen LogP contribution in [0.1, 0.15) is 30.5 Å². The average Bonchev–Trinajstić information content (AvgIpc) is 2.63. The summed E-state index contributed by atoms with van der Waals surface area (Å²) in [4.78, 5) is 4.22. The highest BCUT2D eigenvalue weighted by Crippen LogP contribution is 2.29.